The zero-order valence-electron chi connectivity index (χ0n) is 19.4. The number of nitrogens with zero attached hydrogens (tertiary/aromatic N) is 2. The molecule has 0 bridgehead atoms. The Balaban J connectivity index is 1.75. The van der Waals surface area contributed by atoms with Gasteiger partial charge in [0.25, 0.3) is 0 Å². The molecule has 0 radical (unpaired) electrons. The van der Waals surface area contributed by atoms with Crippen molar-refractivity contribution in [1.82, 2.24) is 9.88 Å². The van der Waals surface area contributed by atoms with Gasteiger partial charge in [-0.1, -0.05) is 19.9 Å². The topological polar surface area (TPSA) is 95.0 Å². The lowest BCUT2D eigenvalue weighted by atomic mass is 10.1. The van der Waals surface area contributed by atoms with Gasteiger partial charge in [-0.15, -0.1) is 0 Å². The van der Waals surface area contributed by atoms with Crippen LogP contribution in [0.2, 0.25) is 0 Å². The molecule has 0 aliphatic rings. The number of rotatable bonds is 9. The molecular weight excluding hydrogens is 436 g/mol. The molecule has 0 aliphatic heterocycles. The molecule has 0 saturated heterocycles. The van der Waals surface area contributed by atoms with Gasteiger partial charge < -0.3 is 23.2 Å². The second kappa shape index (κ2) is 10.4. The Hall–Kier alpha value is -3.91. The van der Waals surface area contributed by atoms with E-state index in [1.54, 1.807) is 37.5 Å². The van der Waals surface area contributed by atoms with E-state index in [9.17, 15) is 9.59 Å². The Bertz CT molecular complexity index is 1380. The molecule has 1 aromatic carbocycles. The number of likely N-dealkylation sites (N-methyl/N-ethyl adjacent to an activating group) is 1. The van der Waals surface area contributed by atoms with E-state index < -0.39 is 5.97 Å². The quantitative estimate of drug-likeness (QED) is 0.203. The van der Waals surface area contributed by atoms with Gasteiger partial charge in [0.05, 0.1) is 11.6 Å². The van der Waals surface area contributed by atoms with Crippen molar-refractivity contribution in [3.63, 3.8) is 0 Å². The van der Waals surface area contributed by atoms with Gasteiger partial charge in [0.15, 0.2) is 22.3 Å². The third-order valence-electron chi connectivity index (χ3n) is 5.47. The van der Waals surface area contributed by atoms with Crippen molar-refractivity contribution in [2.75, 3.05) is 26.2 Å². The Morgan fingerprint density at radius 2 is 2.00 bits per heavy atom. The molecule has 8 nitrogen and oxygen atoms in total. The molecule has 0 fully saturated rings. The van der Waals surface area contributed by atoms with Crippen molar-refractivity contribution in [1.29, 1.82) is 0 Å². The molecule has 3 heterocycles. The fourth-order valence-corrected chi connectivity index (χ4v) is 3.71. The average molecular weight is 463 g/mol. The summed E-state index contributed by atoms with van der Waals surface area (Å²) >= 11 is 0. The van der Waals surface area contributed by atoms with Crippen LogP contribution in [0.15, 0.2) is 62.6 Å². The number of hydrogen-bond donors (Lipinski definition) is 0. The van der Waals surface area contributed by atoms with E-state index >= 15 is 0 Å². The molecule has 8 heteroatoms. The molecule has 4 aromatic rings. The van der Waals surface area contributed by atoms with Crippen molar-refractivity contribution in [2.24, 2.45) is 0 Å². The summed E-state index contributed by atoms with van der Waals surface area (Å²) in [6.07, 6.45) is 7.58. The minimum atomic E-state index is -0.650. The predicted molar refractivity (Wildman–Crippen MR) is 129 cm³/mol. The number of benzene rings is 1. The molecule has 0 unspecified atom stereocenters. The molecule has 3 aromatic heterocycles. The number of carbonyl (C=O) groups is 1. The Kier molecular flexibility index (Phi) is 7.08. The molecule has 0 aliphatic carbocycles. The summed E-state index contributed by atoms with van der Waals surface area (Å²) in [6.45, 7) is 8.70. The number of esters is 1. The minimum Gasteiger partial charge on any atom is -0.485 e. The fourth-order valence-electron chi connectivity index (χ4n) is 3.71. The van der Waals surface area contributed by atoms with Crippen LogP contribution < -0.4 is 14.9 Å². The van der Waals surface area contributed by atoms with E-state index in [1.807, 2.05) is 6.07 Å². The number of furan rings is 1. The number of carbonyl (C=O) groups excluding carboxylic acids is 1. The van der Waals surface area contributed by atoms with Crippen LogP contribution in [-0.4, -0.2) is 42.1 Å². The lowest BCUT2D eigenvalue weighted by Crippen LogP contribution is -2.28. The van der Waals surface area contributed by atoms with Crippen LogP contribution in [0.4, 0.5) is 0 Å². The molecule has 4 rings (SSSR count). The summed E-state index contributed by atoms with van der Waals surface area (Å²) in [6, 6.07) is 6.57. The van der Waals surface area contributed by atoms with Gasteiger partial charge in [-0.05, 0) is 43.8 Å². The van der Waals surface area contributed by atoms with Crippen LogP contribution in [0, 0.1) is 6.92 Å². The SMILES string of the molecule is CCN(CC)CCOc1c2occc2c(OC(=O)/C=C/c2cccnc2)c2c(=O)cc(C)oc12. The van der Waals surface area contributed by atoms with Gasteiger partial charge in [0.2, 0.25) is 5.75 Å². The average Bonchev–Trinajstić information content (AvgIpc) is 3.32. The van der Waals surface area contributed by atoms with Crippen LogP contribution in [0.5, 0.6) is 11.5 Å². The first-order valence-electron chi connectivity index (χ1n) is 11.1. The highest BCUT2D eigenvalue weighted by Crippen LogP contribution is 2.42. The van der Waals surface area contributed by atoms with Gasteiger partial charge in [-0.3, -0.25) is 9.78 Å². The molecule has 0 saturated carbocycles. The second-order valence-electron chi connectivity index (χ2n) is 7.66. The van der Waals surface area contributed by atoms with E-state index in [0.717, 1.165) is 18.7 Å². The summed E-state index contributed by atoms with van der Waals surface area (Å²) in [5, 5.41) is 0.574. The van der Waals surface area contributed by atoms with E-state index in [2.05, 4.69) is 23.7 Å². The summed E-state index contributed by atoms with van der Waals surface area (Å²) in [5.74, 6) is 0.145. The summed E-state index contributed by atoms with van der Waals surface area (Å²) < 4.78 is 23.3. The Labute approximate surface area is 196 Å². The first-order chi connectivity index (χ1) is 16.5. The minimum absolute atomic E-state index is 0.0735. The number of pyridine rings is 1. The largest absolute Gasteiger partial charge is 0.485 e. The van der Waals surface area contributed by atoms with Gasteiger partial charge >= 0.3 is 5.97 Å². The highest BCUT2D eigenvalue weighted by atomic mass is 16.5. The maximum atomic E-state index is 13.0. The predicted octanol–water partition coefficient (Wildman–Crippen LogP) is 4.58. The molecule has 0 atom stereocenters. The standard InChI is InChI=1S/C26H26N2O6/c1-4-28(5-2)12-14-32-26-24-19(10-13-31-24)23(22-20(29)15-17(3)33-25(22)26)34-21(30)9-8-18-7-6-11-27-16-18/h6-11,13,15-16H,4-5,12,14H2,1-3H3/b9-8+. The van der Waals surface area contributed by atoms with E-state index in [0.29, 0.717) is 35.6 Å². The second-order valence-corrected chi connectivity index (χ2v) is 7.66. The van der Waals surface area contributed by atoms with Crippen molar-refractivity contribution < 1.29 is 23.1 Å². The molecule has 0 spiro atoms. The molecule has 176 valence electrons. The zero-order valence-corrected chi connectivity index (χ0v) is 19.4. The van der Waals surface area contributed by atoms with Crippen LogP contribution in [-0.2, 0) is 4.79 Å². The summed E-state index contributed by atoms with van der Waals surface area (Å²) in [4.78, 5) is 31.9. The normalized spacial score (nSPS) is 11.6. The number of hydrogen-bond acceptors (Lipinski definition) is 8. The summed E-state index contributed by atoms with van der Waals surface area (Å²) in [7, 11) is 0. The Morgan fingerprint density at radius 3 is 2.74 bits per heavy atom. The molecular formula is C26H26N2O6. The van der Waals surface area contributed by atoms with E-state index in [4.69, 9.17) is 18.3 Å². The van der Waals surface area contributed by atoms with Crippen LogP contribution in [0.1, 0.15) is 25.2 Å². The maximum Gasteiger partial charge on any atom is 0.336 e. The van der Waals surface area contributed by atoms with Crippen molar-refractivity contribution >= 4 is 34.0 Å². The smallest absolute Gasteiger partial charge is 0.336 e. The third-order valence-corrected chi connectivity index (χ3v) is 5.47. The van der Waals surface area contributed by atoms with Crippen LogP contribution >= 0.6 is 0 Å². The fraction of sp³-hybridized carbons (Fsp3) is 0.269. The van der Waals surface area contributed by atoms with Gasteiger partial charge in [0, 0.05) is 31.1 Å². The number of aromatic nitrogens is 1. The number of aryl methyl sites for hydroxylation is 1. The monoisotopic (exact) mass is 462 g/mol. The first kappa shape index (κ1) is 23.3. The van der Waals surface area contributed by atoms with Crippen molar-refractivity contribution in [3.05, 3.63) is 70.5 Å². The first-order valence-corrected chi connectivity index (χ1v) is 11.1. The lowest BCUT2D eigenvalue weighted by Gasteiger charge is -2.18. The molecule has 0 N–H and O–H groups in total. The van der Waals surface area contributed by atoms with Crippen LogP contribution in [0.3, 0.4) is 0 Å². The van der Waals surface area contributed by atoms with E-state index in [-0.39, 0.29) is 22.1 Å². The maximum absolute atomic E-state index is 13.0. The van der Waals surface area contributed by atoms with Crippen LogP contribution in [0.25, 0.3) is 28.0 Å². The molecule has 34 heavy (non-hydrogen) atoms. The summed E-state index contributed by atoms with van der Waals surface area (Å²) in [5.41, 5.74) is 0.935. The Morgan fingerprint density at radius 1 is 1.18 bits per heavy atom. The van der Waals surface area contributed by atoms with Crippen molar-refractivity contribution in [3.8, 4) is 11.5 Å². The molecule has 0 amide bonds. The van der Waals surface area contributed by atoms with E-state index in [1.165, 1.54) is 18.4 Å². The zero-order chi connectivity index (χ0) is 24.1. The van der Waals surface area contributed by atoms with Crippen molar-refractivity contribution in [2.45, 2.75) is 20.8 Å². The van der Waals surface area contributed by atoms with Gasteiger partial charge in [-0.25, -0.2) is 4.79 Å². The number of fused-ring (bicyclic) bond motifs is 2. The number of ether oxygens (including phenoxy) is 2. The highest BCUT2D eigenvalue weighted by molar-refractivity contribution is 6.08. The lowest BCUT2D eigenvalue weighted by molar-refractivity contribution is -0.128. The highest BCUT2D eigenvalue weighted by Gasteiger charge is 2.24. The third kappa shape index (κ3) is 4.87. The van der Waals surface area contributed by atoms with Gasteiger partial charge in [-0.2, -0.15) is 0 Å². The van der Waals surface area contributed by atoms with Gasteiger partial charge in [0.1, 0.15) is 17.8 Å².